The maximum atomic E-state index is 12.3. The van der Waals surface area contributed by atoms with Crippen molar-refractivity contribution in [2.45, 2.75) is 0 Å². The Balaban J connectivity index is 1.63. The predicted molar refractivity (Wildman–Crippen MR) is 74.4 cm³/mol. The van der Waals surface area contributed by atoms with Crippen LogP contribution in [-0.2, 0) is 0 Å². The van der Waals surface area contributed by atoms with E-state index in [2.05, 4.69) is 19.9 Å². The summed E-state index contributed by atoms with van der Waals surface area (Å²) in [6, 6.07) is 7.18. The van der Waals surface area contributed by atoms with E-state index in [1.54, 1.807) is 30.7 Å². The lowest BCUT2D eigenvalue weighted by molar-refractivity contribution is 0.0740. The third-order valence-electron chi connectivity index (χ3n) is 3.29. The highest BCUT2D eigenvalue weighted by Gasteiger charge is 2.23. The maximum absolute atomic E-state index is 12.3. The summed E-state index contributed by atoms with van der Waals surface area (Å²) in [5.41, 5.74) is 0.497. The molecule has 2 aromatic rings. The number of anilines is 1. The summed E-state index contributed by atoms with van der Waals surface area (Å²) in [7, 11) is 0. The zero-order valence-corrected chi connectivity index (χ0v) is 11.0. The summed E-state index contributed by atoms with van der Waals surface area (Å²) < 4.78 is 0. The Labute approximate surface area is 117 Å². The largest absolute Gasteiger partial charge is 0.337 e. The standard InChI is InChI=1S/C14H15N5O/c20-13(12-4-1-2-5-15-12)18-8-10-19(11-9-18)14-16-6-3-7-17-14/h1-7H,8-11H2. The molecule has 1 amide bonds. The molecule has 1 saturated heterocycles. The van der Waals surface area contributed by atoms with E-state index < -0.39 is 0 Å². The maximum Gasteiger partial charge on any atom is 0.272 e. The molecular weight excluding hydrogens is 254 g/mol. The van der Waals surface area contributed by atoms with Gasteiger partial charge in [0.2, 0.25) is 5.95 Å². The van der Waals surface area contributed by atoms with Crippen LogP contribution in [0.4, 0.5) is 5.95 Å². The highest BCUT2D eigenvalue weighted by molar-refractivity contribution is 5.92. The molecule has 0 aliphatic carbocycles. The van der Waals surface area contributed by atoms with Gasteiger partial charge >= 0.3 is 0 Å². The zero-order chi connectivity index (χ0) is 13.8. The molecular formula is C14H15N5O. The first kappa shape index (κ1) is 12.5. The van der Waals surface area contributed by atoms with E-state index in [9.17, 15) is 4.79 Å². The van der Waals surface area contributed by atoms with Gasteiger partial charge < -0.3 is 9.80 Å². The van der Waals surface area contributed by atoms with E-state index in [4.69, 9.17) is 0 Å². The van der Waals surface area contributed by atoms with Gasteiger partial charge in [0.25, 0.3) is 5.91 Å². The van der Waals surface area contributed by atoms with Gasteiger partial charge in [0, 0.05) is 44.8 Å². The Kier molecular flexibility index (Phi) is 3.54. The predicted octanol–water partition coefficient (Wildman–Crippen LogP) is 0.834. The molecule has 3 rings (SSSR count). The molecule has 0 bridgehead atoms. The quantitative estimate of drug-likeness (QED) is 0.808. The highest BCUT2D eigenvalue weighted by Crippen LogP contribution is 2.11. The van der Waals surface area contributed by atoms with Crippen LogP contribution >= 0.6 is 0 Å². The fraction of sp³-hybridized carbons (Fsp3) is 0.286. The molecule has 6 nitrogen and oxygen atoms in total. The molecule has 0 radical (unpaired) electrons. The average molecular weight is 269 g/mol. The van der Waals surface area contributed by atoms with Crippen molar-refractivity contribution in [2.24, 2.45) is 0 Å². The van der Waals surface area contributed by atoms with Crippen LogP contribution in [0.5, 0.6) is 0 Å². The third kappa shape index (κ3) is 2.59. The number of carbonyl (C=O) groups excluding carboxylic acids is 1. The Hall–Kier alpha value is -2.50. The van der Waals surface area contributed by atoms with Crippen molar-refractivity contribution in [3.63, 3.8) is 0 Å². The summed E-state index contributed by atoms with van der Waals surface area (Å²) in [5, 5.41) is 0. The number of pyridine rings is 1. The van der Waals surface area contributed by atoms with Crippen molar-refractivity contribution in [1.82, 2.24) is 19.9 Å². The Morgan fingerprint density at radius 1 is 0.900 bits per heavy atom. The number of hydrogen-bond acceptors (Lipinski definition) is 5. The Morgan fingerprint density at radius 3 is 2.25 bits per heavy atom. The number of rotatable bonds is 2. The van der Waals surface area contributed by atoms with Gasteiger partial charge in [-0.3, -0.25) is 9.78 Å². The number of hydrogen-bond donors (Lipinski definition) is 0. The first-order chi connectivity index (χ1) is 9.84. The van der Waals surface area contributed by atoms with E-state index in [1.165, 1.54) is 0 Å². The van der Waals surface area contributed by atoms with Crippen LogP contribution in [0.25, 0.3) is 0 Å². The Morgan fingerprint density at radius 2 is 1.60 bits per heavy atom. The molecule has 1 aliphatic heterocycles. The SMILES string of the molecule is O=C(c1ccccn1)N1CCN(c2ncccn2)CC1. The lowest BCUT2D eigenvalue weighted by Gasteiger charge is -2.34. The topological polar surface area (TPSA) is 62.2 Å². The van der Waals surface area contributed by atoms with Gasteiger partial charge in [-0.05, 0) is 18.2 Å². The van der Waals surface area contributed by atoms with Gasteiger partial charge in [0.05, 0.1) is 0 Å². The molecule has 0 aromatic carbocycles. The van der Waals surface area contributed by atoms with Gasteiger partial charge in [-0.15, -0.1) is 0 Å². The summed E-state index contributed by atoms with van der Waals surface area (Å²) in [6.07, 6.45) is 5.10. The number of nitrogens with zero attached hydrogens (tertiary/aromatic N) is 5. The first-order valence-corrected chi connectivity index (χ1v) is 6.57. The normalized spacial score (nSPS) is 15.2. The van der Waals surface area contributed by atoms with E-state index in [0.717, 1.165) is 19.0 Å². The van der Waals surface area contributed by atoms with E-state index >= 15 is 0 Å². The molecule has 20 heavy (non-hydrogen) atoms. The van der Waals surface area contributed by atoms with Crippen molar-refractivity contribution in [2.75, 3.05) is 31.1 Å². The van der Waals surface area contributed by atoms with Crippen LogP contribution in [0.2, 0.25) is 0 Å². The van der Waals surface area contributed by atoms with Crippen molar-refractivity contribution in [3.8, 4) is 0 Å². The minimum Gasteiger partial charge on any atom is -0.337 e. The van der Waals surface area contributed by atoms with Crippen molar-refractivity contribution in [3.05, 3.63) is 48.5 Å². The Bertz CT molecular complexity index is 567. The van der Waals surface area contributed by atoms with Gasteiger partial charge in [-0.1, -0.05) is 6.07 Å². The molecule has 1 fully saturated rings. The lowest BCUT2D eigenvalue weighted by atomic mass is 10.2. The molecule has 0 spiro atoms. The third-order valence-corrected chi connectivity index (χ3v) is 3.29. The molecule has 0 unspecified atom stereocenters. The van der Waals surface area contributed by atoms with E-state index in [0.29, 0.717) is 18.8 Å². The van der Waals surface area contributed by atoms with Crippen LogP contribution in [0.3, 0.4) is 0 Å². The molecule has 0 N–H and O–H groups in total. The average Bonchev–Trinajstić information content (AvgIpc) is 2.56. The second kappa shape index (κ2) is 5.64. The summed E-state index contributed by atoms with van der Waals surface area (Å²) in [4.78, 5) is 28.7. The highest BCUT2D eigenvalue weighted by atomic mass is 16.2. The summed E-state index contributed by atoms with van der Waals surface area (Å²) in [5.74, 6) is 0.705. The van der Waals surface area contributed by atoms with Gasteiger partial charge in [0.1, 0.15) is 5.69 Å². The number of aromatic nitrogens is 3. The molecule has 1 aliphatic rings. The van der Waals surface area contributed by atoms with Crippen molar-refractivity contribution < 1.29 is 4.79 Å². The van der Waals surface area contributed by atoms with Crippen molar-refractivity contribution >= 4 is 11.9 Å². The van der Waals surface area contributed by atoms with Crippen LogP contribution < -0.4 is 4.90 Å². The fourth-order valence-electron chi connectivity index (χ4n) is 2.22. The van der Waals surface area contributed by atoms with Gasteiger partial charge in [-0.25, -0.2) is 9.97 Å². The smallest absolute Gasteiger partial charge is 0.272 e. The minimum absolute atomic E-state index is 0.0146. The van der Waals surface area contributed by atoms with E-state index in [-0.39, 0.29) is 5.91 Å². The first-order valence-electron chi connectivity index (χ1n) is 6.57. The van der Waals surface area contributed by atoms with Crippen LogP contribution in [0, 0.1) is 0 Å². The van der Waals surface area contributed by atoms with Crippen LogP contribution in [-0.4, -0.2) is 51.9 Å². The molecule has 0 saturated carbocycles. The zero-order valence-electron chi connectivity index (χ0n) is 11.0. The van der Waals surface area contributed by atoms with Crippen LogP contribution in [0.15, 0.2) is 42.9 Å². The molecule has 0 atom stereocenters. The van der Waals surface area contributed by atoms with E-state index in [1.807, 2.05) is 17.0 Å². The summed E-state index contributed by atoms with van der Waals surface area (Å²) in [6.45, 7) is 2.80. The monoisotopic (exact) mass is 269 g/mol. The minimum atomic E-state index is -0.0146. The number of carbonyl (C=O) groups is 1. The van der Waals surface area contributed by atoms with Crippen LogP contribution in [0.1, 0.15) is 10.5 Å². The number of piperazine rings is 1. The molecule has 3 heterocycles. The second-order valence-electron chi connectivity index (χ2n) is 4.54. The summed E-state index contributed by atoms with van der Waals surface area (Å²) >= 11 is 0. The van der Waals surface area contributed by atoms with Crippen molar-refractivity contribution in [1.29, 1.82) is 0 Å². The molecule has 6 heteroatoms. The fourth-order valence-corrected chi connectivity index (χ4v) is 2.22. The lowest BCUT2D eigenvalue weighted by Crippen LogP contribution is -2.49. The van der Waals surface area contributed by atoms with Gasteiger partial charge in [0.15, 0.2) is 0 Å². The molecule has 102 valence electrons. The van der Waals surface area contributed by atoms with Gasteiger partial charge in [-0.2, -0.15) is 0 Å². The number of amides is 1. The second-order valence-corrected chi connectivity index (χ2v) is 4.54. The molecule has 2 aromatic heterocycles.